The Morgan fingerprint density at radius 3 is 2.76 bits per heavy atom. The lowest BCUT2D eigenvalue weighted by atomic mass is 10.1. The molecule has 0 aromatic heterocycles. The summed E-state index contributed by atoms with van der Waals surface area (Å²) < 4.78 is 41.7. The first-order valence-electron chi connectivity index (χ1n) is 6.80. The minimum atomic E-state index is -3.88. The third-order valence-corrected chi connectivity index (χ3v) is 7.33. The van der Waals surface area contributed by atoms with Crippen molar-refractivity contribution in [3.05, 3.63) is 27.4 Å². The zero-order valence-corrected chi connectivity index (χ0v) is 14.3. The molecular formula is C13H15BrClFN2O2S. The summed E-state index contributed by atoms with van der Waals surface area (Å²) in [7, 11) is -3.88. The smallest absolute Gasteiger partial charge is 0.246 e. The van der Waals surface area contributed by atoms with E-state index < -0.39 is 15.8 Å². The first kappa shape index (κ1) is 15.7. The largest absolute Gasteiger partial charge is 0.315 e. The monoisotopic (exact) mass is 396 g/mol. The van der Waals surface area contributed by atoms with Crippen molar-refractivity contribution in [1.82, 2.24) is 9.62 Å². The second kappa shape index (κ2) is 5.77. The average molecular weight is 398 g/mol. The van der Waals surface area contributed by atoms with Crippen LogP contribution in [0.1, 0.15) is 19.3 Å². The Bertz CT molecular complexity index is 656. The number of halogens is 3. The maximum Gasteiger partial charge on any atom is 0.246 e. The number of nitrogens with zero attached hydrogens (tertiary/aromatic N) is 1. The summed E-state index contributed by atoms with van der Waals surface area (Å²) in [6.45, 7) is 1.40. The summed E-state index contributed by atoms with van der Waals surface area (Å²) in [6, 6.07) is 2.13. The number of benzene rings is 1. The molecule has 8 heteroatoms. The number of hydrogen-bond acceptors (Lipinski definition) is 3. The van der Waals surface area contributed by atoms with Crippen LogP contribution in [0.25, 0.3) is 0 Å². The van der Waals surface area contributed by atoms with Crippen LogP contribution in [0.5, 0.6) is 0 Å². The molecule has 116 valence electrons. The van der Waals surface area contributed by atoms with Crippen molar-refractivity contribution in [1.29, 1.82) is 0 Å². The van der Waals surface area contributed by atoms with E-state index in [1.807, 2.05) is 0 Å². The van der Waals surface area contributed by atoms with E-state index in [4.69, 9.17) is 11.6 Å². The fourth-order valence-corrected chi connectivity index (χ4v) is 5.67. The molecule has 1 N–H and O–H groups in total. The van der Waals surface area contributed by atoms with E-state index in [0.29, 0.717) is 11.0 Å². The normalized spacial score (nSPS) is 26.8. The first-order chi connectivity index (χ1) is 9.91. The van der Waals surface area contributed by atoms with Crippen LogP contribution in [0.15, 0.2) is 21.5 Å². The van der Waals surface area contributed by atoms with Crippen LogP contribution in [-0.4, -0.2) is 37.9 Å². The highest BCUT2D eigenvalue weighted by Gasteiger charge is 2.44. The van der Waals surface area contributed by atoms with Crippen molar-refractivity contribution in [2.75, 3.05) is 13.1 Å². The van der Waals surface area contributed by atoms with Crippen molar-refractivity contribution < 1.29 is 12.8 Å². The van der Waals surface area contributed by atoms with Crippen LogP contribution in [0.2, 0.25) is 5.02 Å². The van der Waals surface area contributed by atoms with Gasteiger partial charge in [-0.05, 0) is 53.9 Å². The summed E-state index contributed by atoms with van der Waals surface area (Å²) in [5.41, 5.74) is 0. The highest BCUT2D eigenvalue weighted by atomic mass is 79.9. The third-order valence-electron chi connectivity index (χ3n) is 4.12. The van der Waals surface area contributed by atoms with Gasteiger partial charge in [0.2, 0.25) is 10.0 Å². The van der Waals surface area contributed by atoms with Crippen LogP contribution >= 0.6 is 27.5 Å². The van der Waals surface area contributed by atoms with E-state index in [0.717, 1.165) is 31.9 Å². The van der Waals surface area contributed by atoms with Gasteiger partial charge in [-0.3, -0.25) is 0 Å². The molecule has 0 radical (unpaired) electrons. The predicted molar refractivity (Wildman–Crippen MR) is 82.4 cm³/mol. The van der Waals surface area contributed by atoms with E-state index >= 15 is 0 Å². The second-order valence-electron chi connectivity index (χ2n) is 5.41. The van der Waals surface area contributed by atoms with E-state index in [1.165, 1.54) is 10.4 Å². The van der Waals surface area contributed by atoms with Crippen molar-refractivity contribution in [2.24, 2.45) is 0 Å². The molecule has 0 saturated carbocycles. The van der Waals surface area contributed by atoms with Gasteiger partial charge in [-0.15, -0.1) is 0 Å². The van der Waals surface area contributed by atoms with Gasteiger partial charge in [0.25, 0.3) is 0 Å². The Morgan fingerprint density at radius 2 is 2.00 bits per heavy atom. The van der Waals surface area contributed by atoms with Crippen molar-refractivity contribution in [3.8, 4) is 0 Å². The fourth-order valence-electron chi connectivity index (χ4n) is 3.15. The Kier molecular flexibility index (Phi) is 4.31. The van der Waals surface area contributed by atoms with E-state index in [-0.39, 0.29) is 22.0 Å². The molecule has 2 bridgehead atoms. The Hall–Kier alpha value is -0.210. The summed E-state index contributed by atoms with van der Waals surface area (Å²) in [4.78, 5) is -0.338. The molecule has 2 aliphatic heterocycles. The fraction of sp³-hybridized carbons (Fsp3) is 0.538. The van der Waals surface area contributed by atoms with E-state index in [2.05, 4.69) is 21.2 Å². The van der Waals surface area contributed by atoms with Crippen molar-refractivity contribution >= 4 is 37.6 Å². The second-order valence-corrected chi connectivity index (χ2v) is 8.48. The molecular weight excluding hydrogens is 383 g/mol. The van der Waals surface area contributed by atoms with Gasteiger partial charge in [0, 0.05) is 23.1 Å². The maximum atomic E-state index is 14.1. The maximum absolute atomic E-state index is 14.1. The average Bonchev–Trinajstić information content (AvgIpc) is 2.68. The number of sulfonamides is 1. The van der Waals surface area contributed by atoms with Gasteiger partial charge in [-0.25, -0.2) is 12.8 Å². The molecule has 2 aliphatic rings. The predicted octanol–water partition coefficient (Wildman–Crippen LogP) is 2.76. The summed E-state index contributed by atoms with van der Waals surface area (Å²) in [5.74, 6) is -0.775. The molecule has 1 aromatic carbocycles. The van der Waals surface area contributed by atoms with Crippen LogP contribution < -0.4 is 5.32 Å². The minimum absolute atomic E-state index is 0.0585. The molecule has 2 unspecified atom stereocenters. The summed E-state index contributed by atoms with van der Waals surface area (Å²) in [5, 5.41) is 3.42. The minimum Gasteiger partial charge on any atom is -0.315 e. The molecule has 1 aromatic rings. The molecule has 0 aliphatic carbocycles. The zero-order chi connectivity index (χ0) is 15.2. The quantitative estimate of drug-likeness (QED) is 0.781. The topological polar surface area (TPSA) is 49.4 Å². The SMILES string of the molecule is O=S(=O)(c1cc(Cl)c(Br)cc1F)N1C2CCNCC1CC2. The molecule has 2 fully saturated rings. The van der Waals surface area contributed by atoms with Gasteiger partial charge in [0.1, 0.15) is 10.7 Å². The number of hydrogen-bond donors (Lipinski definition) is 1. The zero-order valence-electron chi connectivity index (χ0n) is 11.2. The van der Waals surface area contributed by atoms with Gasteiger partial charge in [-0.2, -0.15) is 4.31 Å². The van der Waals surface area contributed by atoms with Gasteiger partial charge >= 0.3 is 0 Å². The lowest BCUT2D eigenvalue weighted by molar-refractivity contribution is 0.333. The molecule has 0 amide bonds. The van der Waals surface area contributed by atoms with Gasteiger partial charge in [-0.1, -0.05) is 11.6 Å². The molecule has 2 heterocycles. The van der Waals surface area contributed by atoms with E-state index in [9.17, 15) is 12.8 Å². The Morgan fingerprint density at radius 1 is 1.29 bits per heavy atom. The lowest BCUT2D eigenvalue weighted by Gasteiger charge is -2.27. The highest BCUT2D eigenvalue weighted by Crippen LogP contribution is 2.36. The lowest BCUT2D eigenvalue weighted by Crippen LogP contribution is -2.42. The number of rotatable bonds is 2. The molecule has 2 atom stereocenters. The summed E-state index contributed by atoms with van der Waals surface area (Å²) in [6.07, 6.45) is 2.39. The van der Waals surface area contributed by atoms with Gasteiger partial charge in [0.15, 0.2) is 0 Å². The molecule has 0 spiro atoms. The third kappa shape index (κ3) is 2.74. The van der Waals surface area contributed by atoms with Gasteiger partial charge < -0.3 is 5.32 Å². The van der Waals surface area contributed by atoms with Gasteiger partial charge in [0.05, 0.1) is 5.02 Å². The standard InChI is InChI=1S/C13H15BrClFN2O2S/c14-10-5-12(16)13(6-11(10)15)21(19,20)18-8-1-2-9(18)7-17-4-3-8/h5-6,8-9,17H,1-4,7H2. The Labute approximate surface area is 136 Å². The van der Waals surface area contributed by atoms with E-state index in [1.54, 1.807) is 0 Å². The number of fused-ring (bicyclic) bond motifs is 2. The number of nitrogens with one attached hydrogen (secondary N) is 1. The van der Waals surface area contributed by atoms with Crippen molar-refractivity contribution in [2.45, 2.75) is 36.2 Å². The van der Waals surface area contributed by atoms with Crippen LogP contribution in [0.3, 0.4) is 0 Å². The molecule has 3 rings (SSSR count). The summed E-state index contributed by atoms with van der Waals surface area (Å²) >= 11 is 9.04. The highest BCUT2D eigenvalue weighted by molar-refractivity contribution is 9.10. The molecule has 4 nitrogen and oxygen atoms in total. The van der Waals surface area contributed by atoms with Crippen LogP contribution in [0.4, 0.5) is 4.39 Å². The molecule has 21 heavy (non-hydrogen) atoms. The Balaban J connectivity index is 2.06. The first-order valence-corrected chi connectivity index (χ1v) is 9.41. The molecule has 2 saturated heterocycles. The van der Waals surface area contributed by atoms with Crippen LogP contribution in [0, 0.1) is 5.82 Å². The van der Waals surface area contributed by atoms with Crippen molar-refractivity contribution in [3.63, 3.8) is 0 Å². The van der Waals surface area contributed by atoms with Crippen LogP contribution in [-0.2, 0) is 10.0 Å².